The molecule has 0 aliphatic carbocycles. The van der Waals surface area contributed by atoms with Gasteiger partial charge in [0.1, 0.15) is 0 Å². The quantitative estimate of drug-likeness (QED) is 0.0316. The third-order valence-corrected chi connectivity index (χ3v) is 17.9. The molecule has 0 saturated heterocycles. The SMILES string of the molecule is CCCCCCCCCCCCCCCCCCSCCS.CCCCCCCCCCCCCCCCCCSCCS.CCCCCCCCCCCCCCCCCCSCCS.[SbH3]. The molecular formula is C60H129S6Sb. The van der Waals surface area contributed by atoms with Crippen LogP contribution < -0.4 is 0 Å². The van der Waals surface area contributed by atoms with Gasteiger partial charge in [0.05, 0.1) is 0 Å². The van der Waals surface area contributed by atoms with E-state index in [1.54, 1.807) is 0 Å². The van der Waals surface area contributed by atoms with E-state index in [2.05, 4.69) is 93.9 Å². The molecule has 0 unspecified atom stereocenters. The molecule has 0 aromatic carbocycles. The Kier molecular flexibility index (Phi) is 91.6. The molecule has 0 atom stereocenters. The van der Waals surface area contributed by atoms with Crippen molar-refractivity contribution in [3.8, 4) is 0 Å². The van der Waals surface area contributed by atoms with Crippen LogP contribution in [0.4, 0.5) is 0 Å². The number of thiol groups is 3. The normalized spacial score (nSPS) is 11.0. The van der Waals surface area contributed by atoms with Crippen molar-refractivity contribution in [1.82, 2.24) is 0 Å². The van der Waals surface area contributed by atoms with Gasteiger partial charge in [-0.25, -0.2) is 0 Å². The Balaban J connectivity index is -0.000000441. The van der Waals surface area contributed by atoms with Crippen LogP contribution in [0.15, 0.2) is 0 Å². The minimum atomic E-state index is 0. The Bertz CT molecular complexity index is 590. The van der Waals surface area contributed by atoms with Crippen molar-refractivity contribution < 1.29 is 0 Å². The fraction of sp³-hybridized carbons (Fsp3) is 1.00. The fourth-order valence-electron chi connectivity index (χ4n) is 8.76. The monoisotopic (exact) mass is 1160 g/mol. The number of thioether (sulfide) groups is 3. The summed E-state index contributed by atoms with van der Waals surface area (Å²) in [7, 11) is 0. The van der Waals surface area contributed by atoms with Crippen LogP contribution >= 0.6 is 73.2 Å². The van der Waals surface area contributed by atoms with Crippen molar-refractivity contribution in [1.29, 1.82) is 0 Å². The molecule has 0 nitrogen and oxygen atoms in total. The maximum absolute atomic E-state index is 4.23. The molecule has 0 aromatic heterocycles. The summed E-state index contributed by atoms with van der Waals surface area (Å²) in [6.45, 7) is 6.89. The molecular weight excluding hydrogens is 1030 g/mol. The summed E-state index contributed by atoms with van der Waals surface area (Å²) < 4.78 is 0. The molecule has 0 aromatic rings. The first kappa shape index (κ1) is 76.4. The van der Waals surface area contributed by atoms with Crippen molar-refractivity contribution >= 4 is 97.6 Å². The van der Waals surface area contributed by atoms with Crippen molar-refractivity contribution in [3.63, 3.8) is 0 Å². The molecule has 7 heteroatoms. The Labute approximate surface area is 474 Å². The Morgan fingerprint density at radius 1 is 0.179 bits per heavy atom. The molecule has 410 valence electrons. The summed E-state index contributed by atoms with van der Waals surface area (Å²) in [6, 6.07) is 0. The molecule has 0 amide bonds. The number of hydrogen-bond acceptors (Lipinski definition) is 6. The first-order valence-electron chi connectivity index (χ1n) is 30.3. The van der Waals surface area contributed by atoms with Gasteiger partial charge < -0.3 is 0 Å². The van der Waals surface area contributed by atoms with Crippen LogP contribution in [-0.2, 0) is 0 Å². The van der Waals surface area contributed by atoms with E-state index in [4.69, 9.17) is 0 Å². The minimum absolute atomic E-state index is 0. The summed E-state index contributed by atoms with van der Waals surface area (Å²) in [5.74, 6) is 10.8. The van der Waals surface area contributed by atoms with E-state index in [-0.39, 0.29) is 24.4 Å². The van der Waals surface area contributed by atoms with Gasteiger partial charge in [0.2, 0.25) is 0 Å². The van der Waals surface area contributed by atoms with E-state index >= 15 is 0 Å². The molecule has 0 spiro atoms. The van der Waals surface area contributed by atoms with Crippen molar-refractivity contribution in [2.45, 2.75) is 329 Å². The fourth-order valence-corrected chi connectivity index (χ4v) is 12.1. The van der Waals surface area contributed by atoms with E-state index < -0.39 is 0 Å². The average Bonchev–Trinajstić information content (AvgIpc) is 3.33. The van der Waals surface area contributed by atoms with E-state index in [1.165, 1.54) is 343 Å². The van der Waals surface area contributed by atoms with Crippen LogP contribution in [0.1, 0.15) is 329 Å². The van der Waals surface area contributed by atoms with Crippen LogP contribution in [0.2, 0.25) is 0 Å². The standard InChI is InChI=1S/3C20H42S2.Sb.3H/c3*1-2-3-4-5-6-7-8-9-10-11-12-13-14-15-16-17-19-22-20-18-21;;;;/h3*21H,2-20H2,1H3;;;;. The molecule has 0 rings (SSSR count). The second-order valence-corrected chi connectivity index (χ2v) is 24.9. The van der Waals surface area contributed by atoms with E-state index in [9.17, 15) is 0 Å². The molecule has 0 fully saturated rings. The molecule has 0 N–H and O–H groups in total. The van der Waals surface area contributed by atoms with Gasteiger partial charge in [-0.05, 0) is 53.8 Å². The summed E-state index contributed by atoms with van der Waals surface area (Å²) in [5.41, 5.74) is 0. The van der Waals surface area contributed by atoms with E-state index in [1.807, 2.05) is 0 Å². The molecule has 0 aliphatic heterocycles. The second kappa shape index (κ2) is 80.3. The topological polar surface area (TPSA) is 0 Å². The molecule has 0 saturated carbocycles. The summed E-state index contributed by atoms with van der Waals surface area (Å²) in [4.78, 5) is 0. The third-order valence-electron chi connectivity index (χ3n) is 13.1. The van der Waals surface area contributed by atoms with Gasteiger partial charge in [-0.3, -0.25) is 0 Å². The Morgan fingerprint density at radius 2 is 0.299 bits per heavy atom. The zero-order valence-electron chi connectivity index (χ0n) is 46.6. The van der Waals surface area contributed by atoms with Crippen LogP contribution in [-0.4, -0.2) is 76.2 Å². The first-order valence-corrected chi connectivity index (χ1v) is 35.7. The first-order chi connectivity index (χ1) is 32.7. The predicted octanol–water partition coefficient (Wildman–Crippen LogP) is 22.5. The van der Waals surface area contributed by atoms with Crippen molar-refractivity contribution in [2.24, 2.45) is 0 Å². The third kappa shape index (κ3) is 86.0. The number of rotatable bonds is 57. The van der Waals surface area contributed by atoms with Gasteiger partial charge >= 0.3 is 24.4 Å². The van der Waals surface area contributed by atoms with Gasteiger partial charge in [0.25, 0.3) is 0 Å². The summed E-state index contributed by atoms with van der Waals surface area (Å²) in [6.07, 6.45) is 70.1. The molecule has 67 heavy (non-hydrogen) atoms. The van der Waals surface area contributed by atoms with E-state index in [0.29, 0.717) is 0 Å². The van der Waals surface area contributed by atoms with Gasteiger partial charge in [-0.2, -0.15) is 73.2 Å². The van der Waals surface area contributed by atoms with Gasteiger partial charge in [-0.15, -0.1) is 0 Å². The summed E-state index contributed by atoms with van der Waals surface area (Å²) in [5, 5.41) is 0. The predicted molar refractivity (Wildman–Crippen MR) is 342 cm³/mol. The van der Waals surface area contributed by atoms with Gasteiger partial charge in [0, 0.05) is 17.3 Å². The molecule has 0 aliphatic rings. The summed E-state index contributed by atoms with van der Waals surface area (Å²) >= 11 is 18.9. The van der Waals surface area contributed by atoms with Gasteiger partial charge in [-0.1, -0.05) is 310 Å². The average molecular weight is 1160 g/mol. The van der Waals surface area contributed by atoms with Crippen molar-refractivity contribution in [3.05, 3.63) is 0 Å². The molecule has 0 radical (unpaired) electrons. The zero-order chi connectivity index (χ0) is 48.4. The Morgan fingerprint density at radius 3 is 0.418 bits per heavy atom. The second-order valence-electron chi connectivity index (χ2n) is 19.9. The van der Waals surface area contributed by atoms with Crippen LogP contribution in [0.3, 0.4) is 0 Å². The maximum atomic E-state index is 4.23. The molecule has 0 bridgehead atoms. The number of unbranched alkanes of at least 4 members (excludes halogenated alkanes) is 45. The van der Waals surface area contributed by atoms with Gasteiger partial charge in [0.15, 0.2) is 0 Å². The zero-order valence-corrected chi connectivity index (χ0v) is 55.7. The van der Waals surface area contributed by atoms with Crippen LogP contribution in [0.25, 0.3) is 0 Å². The van der Waals surface area contributed by atoms with E-state index in [0.717, 1.165) is 17.3 Å². The van der Waals surface area contributed by atoms with Crippen molar-refractivity contribution in [2.75, 3.05) is 51.8 Å². The molecule has 0 heterocycles. The van der Waals surface area contributed by atoms with Crippen LogP contribution in [0.5, 0.6) is 0 Å². The number of hydrogen-bond donors (Lipinski definition) is 3. The Hall–Kier alpha value is 2.92. The van der Waals surface area contributed by atoms with Crippen LogP contribution in [0, 0.1) is 0 Å².